The van der Waals surface area contributed by atoms with Gasteiger partial charge >= 0.3 is 5.51 Å². The van der Waals surface area contributed by atoms with Gasteiger partial charge in [0.25, 0.3) is 5.92 Å². The molecule has 108 valence electrons. The van der Waals surface area contributed by atoms with E-state index in [2.05, 4.69) is 10.6 Å². The monoisotopic (exact) mass is 314 g/mol. The van der Waals surface area contributed by atoms with Crippen molar-refractivity contribution in [3.05, 3.63) is 0 Å². The molecule has 0 radical (unpaired) electrons. The summed E-state index contributed by atoms with van der Waals surface area (Å²) in [6.07, 6.45) is -0.620. The fourth-order valence-electron chi connectivity index (χ4n) is 1.37. The second-order valence-corrected chi connectivity index (χ2v) is 4.74. The van der Waals surface area contributed by atoms with E-state index in [0.29, 0.717) is 0 Å². The molecule has 1 atom stereocenters. The third kappa shape index (κ3) is 6.60. The highest BCUT2D eigenvalue weighted by Crippen LogP contribution is 2.29. The zero-order valence-corrected chi connectivity index (χ0v) is 10.7. The molecule has 0 aromatic heterocycles. The average molecular weight is 315 g/mol. The molecule has 1 aliphatic rings. The number of alkyl halides is 5. The van der Waals surface area contributed by atoms with Crippen molar-refractivity contribution in [1.29, 1.82) is 0 Å². The SMILES string of the molecule is Cl.O=C(NCCSC(F)(F)F)C1CC(F)(F)CN1. The van der Waals surface area contributed by atoms with Crippen LogP contribution < -0.4 is 10.6 Å². The van der Waals surface area contributed by atoms with Crippen LogP contribution in [0, 0.1) is 0 Å². The summed E-state index contributed by atoms with van der Waals surface area (Å²) in [4.78, 5) is 11.3. The first-order valence-electron chi connectivity index (χ1n) is 4.79. The van der Waals surface area contributed by atoms with E-state index < -0.39 is 36.3 Å². The van der Waals surface area contributed by atoms with Gasteiger partial charge in [0.15, 0.2) is 0 Å². The molecule has 1 amide bonds. The Hall–Kier alpha value is -0.280. The minimum Gasteiger partial charge on any atom is -0.354 e. The van der Waals surface area contributed by atoms with E-state index in [9.17, 15) is 26.7 Å². The summed E-state index contributed by atoms with van der Waals surface area (Å²) >= 11 is -0.265. The zero-order chi connectivity index (χ0) is 13.1. The largest absolute Gasteiger partial charge is 0.441 e. The predicted molar refractivity (Wildman–Crippen MR) is 60.1 cm³/mol. The summed E-state index contributed by atoms with van der Waals surface area (Å²) in [6, 6.07) is -1.03. The van der Waals surface area contributed by atoms with Crippen LogP contribution in [0.3, 0.4) is 0 Å². The topological polar surface area (TPSA) is 41.1 Å². The van der Waals surface area contributed by atoms with Gasteiger partial charge < -0.3 is 5.32 Å². The van der Waals surface area contributed by atoms with Gasteiger partial charge in [0.2, 0.25) is 5.91 Å². The minimum absolute atomic E-state index is 0. The number of carbonyl (C=O) groups excluding carboxylic acids is 1. The Balaban J connectivity index is 0.00000289. The van der Waals surface area contributed by atoms with Crippen LogP contribution >= 0.6 is 24.2 Å². The molecule has 2 N–H and O–H groups in total. The third-order valence-electron chi connectivity index (χ3n) is 2.09. The quantitative estimate of drug-likeness (QED) is 0.614. The van der Waals surface area contributed by atoms with Crippen molar-refractivity contribution in [3.63, 3.8) is 0 Å². The maximum Gasteiger partial charge on any atom is 0.441 e. The summed E-state index contributed by atoms with van der Waals surface area (Å²) < 4.78 is 60.6. The van der Waals surface area contributed by atoms with Gasteiger partial charge in [-0.1, -0.05) is 0 Å². The number of nitrogens with one attached hydrogen (secondary N) is 2. The van der Waals surface area contributed by atoms with Gasteiger partial charge in [-0.15, -0.1) is 12.4 Å². The van der Waals surface area contributed by atoms with Crippen molar-refractivity contribution >= 4 is 30.1 Å². The smallest absolute Gasteiger partial charge is 0.354 e. The Labute approximate surface area is 111 Å². The van der Waals surface area contributed by atoms with E-state index in [1.165, 1.54) is 0 Å². The van der Waals surface area contributed by atoms with E-state index in [1.807, 2.05) is 0 Å². The fourth-order valence-corrected chi connectivity index (χ4v) is 1.80. The Kier molecular flexibility index (Phi) is 6.66. The second-order valence-electron chi connectivity index (χ2n) is 3.58. The maximum atomic E-state index is 12.7. The Bertz CT molecular complexity index is 289. The molecule has 1 fully saturated rings. The highest BCUT2D eigenvalue weighted by Gasteiger charge is 2.42. The maximum absolute atomic E-state index is 12.7. The molecule has 1 saturated heterocycles. The molecular weight excluding hydrogens is 303 g/mol. The summed E-state index contributed by atoms with van der Waals surface area (Å²) in [5.41, 5.74) is -4.34. The number of carbonyl (C=O) groups is 1. The van der Waals surface area contributed by atoms with E-state index >= 15 is 0 Å². The van der Waals surface area contributed by atoms with Gasteiger partial charge in [-0.25, -0.2) is 8.78 Å². The van der Waals surface area contributed by atoms with E-state index in [4.69, 9.17) is 0 Å². The minimum atomic E-state index is -4.34. The molecule has 0 saturated carbocycles. The number of rotatable bonds is 4. The molecule has 1 unspecified atom stereocenters. The van der Waals surface area contributed by atoms with Crippen LogP contribution in [0.4, 0.5) is 22.0 Å². The molecule has 1 heterocycles. The molecule has 18 heavy (non-hydrogen) atoms. The fraction of sp³-hybridized carbons (Fsp3) is 0.875. The lowest BCUT2D eigenvalue weighted by Crippen LogP contribution is -2.41. The van der Waals surface area contributed by atoms with Gasteiger partial charge in [0.1, 0.15) is 0 Å². The molecule has 0 aromatic rings. The number of halogens is 6. The van der Waals surface area contributed by atoms with Crippen molar-refractivity contribution < 1.29 is 26.7 Å². The normalized spacial score (nSPS) is 22.4. The van der Waals surface area contributed by atoms with Crippen molar-refractivity contribution in [2.45, 2.75) is 23.9 Å². The van der Waals surface area contributed by atoms with E-state index in [-0.39, 0.29) is 36.5 Å². The van der Waals surface area contributed by atoms with Crippen LogP contribution in [0.15, 0.2) is 0 Å². The van der Waals surface area contributed by atoms with Crippen LogP contribution in [0.5, 0.6) is 0 Å². The summed E-state index contributed by atoms with van der Waals surface area (Å²) in [5.74, 6) is -3.95. The van der Waals surface area contributed by atoms with Crippen LogP contribution in [-0.4, -0.2) is 42.2 Å². The average Bonchev–Trinajstić information content (AvgIpc) is 2.52. The standard InChI is InChI=1S/C8H11F5N2OS.ClH/c9-7(10)3-5(15-4-7)6(16)14-1-2-17-8(11,12)13;/h5,15H,1-4H2,(H,14,16);1H. The number of hydrogen-bond donors (Lipinski definition) is 2. The number of hydrogen-bond acceptors (Lipinski definition) is 3. The van der Waals surface area contributed by atoms with Gasteiger partial charge in [0.05, 0.1) is 12.6 Å². The van der Waals surface area contributed by atoms with Gasteiger partial charge in [0, 0.05) is 18.7 Å². The Morgan fingerprint density at radius 2 is 2.06 bits per heavy atom. The van der Waals surface area contributed by atoms with Gasteiger partial charge in [-0.3, -0.25) is 10.1 Å². The van der Waals surface area contributed by atoms with E-state index in [1.54, 1.807) is 0 Å². The lowest BCUT2D eigenvalue weighted by Gasteiger charge is -2.11. The molecule has 0 bridgehead atoms. The molecular formula is C8H12ClF5N2OS. The summed E-state index contributed by atoms with van der Waals surface area (Å²) in [6.45, 7) is -0.783. The van der Waals surface area contributed by atoms with Crippen LogP contribution in [0.1, 0.15) is 6.42 Å². The molecule has 1 rings (SSSR count). The van der Waals surface area contributed by atoms with Crippen LogP contribution in [-0.2, 0) is 4.79 Å². The molecule has 0 aliphatic carbocycles. The number of thioether (sulfide) groups is 1. The summed E-state index contributed by atoms with van der Waals surface area (Å²) in [7, 11) is 0. The highest BCUT2D eigenvalue weighted by molar-refractivity contribution is 8.00. The summed E-state index contributed by atoms with van der Waals surface area (Å²) in [5, 5.41) is 4.49. The first-order chi connectivity index (χ1) is 7.70. The van der Waals surface area contributed by atoms with Crippen molar-refractivity contribution in [1.82, 2.24) is 10.6 Å². The van der Waals surface area contributed by atoms with Crippen molar-refractivity contribution in [2.24, 2.45) is 0 Å². The van der Waals surface area contributed by atoms with Crippen LogP contribution in [0.25, 0.3) is 0 Å². The lowest BCUT2D eigenvalue weighted by molar-refractivity contribution is -0.123. The van der Waals surface area contributed by atoms with Gasteiger partial charge in [-0.2, -0.15) is 13.2 Å². The number of amides is 1. The molecule has 0 spiro atoms. The first-order valence-corrected chi connectivity index (χ1v) is 5.78. The Morgan fingerprint density at radius 3 is 2.50 bits per heavy atom. The predicted octanol–water partition coefficient (Wildman–Crippen LogP) is 1.77. The molecule has 3 nitrogen and oxygen atoms in total. The zero-order valence-electron chi connectivity index (χ0n) is 9.02. The Morgan fingerprint density at radius 1 is 1.44 bits per heavy atom. The van der Waals surface area contributed by atoms with Crippen molar-refractivity contribution in [3.8, 4) is 0 Å². The second kappa shape index (κ2) is 6.76. The van der Waals surface area contributed by atoms with E-state index in [0.717, 1.165) is 0 Å². The first kappa shape index (κ1) is 17.7. The third-order valence-corrected chi connectivity index (χ3v) is 2.83. The van der Waals surface area contributed by atoms with Gasteiger partial charge in [-0.05, 0) is 11.8 Å². The van der Waals surface area contributed by atoms with Crippen molar-refractivity contribution in [2.75, 3.05) is 18.8 Å². The highest BCUT2D eigenvalue weighted by atomic mass is 35.5. The molecule has 10 heteroatoms. The molecule has 1 aliphatic heterocycles. The lowest BCUT2D eigenvalue weighted by atomic mass is 10.2. The molecule has 0 aromatic carbocycles. The van der Waals surface area contributed by atoms with Crippen LogP contribution in [0.2, 0.25) is 0 Å².